The average Bonchev–Trinajstić information content (AvgIpc) is 2.46. The number of allylic oxidation sites excluding steroid dienone is 1. The summed E-state index contributed by atoms with van der Waals surface area (Å²) in [7, 11) is 2.05. The number of nitrogens with zero attached hydrogens (tertiary/aromatic N) is 1. The molecular formula is C13H17N2O+. The van der Waals surface area contributed by atoms with Gasteiger partial charge in [-0.2, -0.15) is 4.58 Å². The Morgan fingerprint density at radius 3 is 2.62 bits per heavy atom. The molecule has 0 spiro atoms. The van der Waals surface area contributed by atoms with Gasteiger partial charge in [0.2, 0.25) is 5.69 Å². The fraction of sp³-hybridized carbons (Fsp3) is 0.308. The first kappa shape index (κ1) is 10.9. The van der Waals surface area contributed by atoms with Gasteiger partial charge in [-0.15, -0.1) is 0 Å². The fourth-order valence-electron chi connectivity index (χ4n) is 2.42. The van der Waals surface area contributed by atoms with Crippen LogP contribution in [0.3, 0.4) is 0 Å². The number of hydrogen-bond donors (Lipinski definition) is 2. The number of hydroxylamine groups is 1. The molecule has 0 saturated heterocycles. The maximum atomic E-state index is 8.63. The lowest BCUT2D eigenvalue weighted by Gasteiger charge is -2.14. The highest BCUT2D eigenvalue weighted by molar-refractivity contribution is 6.02. The van der Waals surface area contributed by atoms with Gasteiger partial charge in [0.25, 0.3) is 0 Å². The van der Waals surface area contributed by atoms with Crippen LogP contribution in [0.4, 0.5) is 5.69 Å². The first-order chi connectivity index (χ1) is 7.59. The molecular weight excluding hydrogens is 200 g/mol. The molecule has 0 radical (unpaired) electrons. The van der Waals surface area contributed by atoms with E-state index in [1.54, 1.807) is 6.20 Å². The molecule has 2 N–H and O–H groups in total. The largest absolute Gasteiger partial charge is 0.292 e. The summed E-state index contributed by atoms with van der Waals surface area (Å²) in [6.45, 7) is 4.37. The fourth-order valence-corrected chi connectivity index (χ4v) is 2.42. The molecule has 0 unspecified atom stereocenters. The third kappa shape index (κ3) is 1.44. The Balaban J connectivity index is 2.57. The first-order valence-corrected chi connectivity index (χ1v) is 5.36. The standard InChI is InChI=1S/C13H16N2O/c1-13(2)10-6-4-5-7-11(10)15(3)12(13)8-9-14-16/h4-9,16H,1-3H3/p+1. The maximum Gasteiger partial charge on any atom is 0.209 e. The zero-order valence-electron chi connectivity index (χ0n) is 9.86. The minimum atomic E-state index is -0.0291. The van der Waals surface area contributed by atoms with E-state index >= 15 is 0 Å². The van der Waals surface area contributed by atoms with Crippen molar-refractivity contribution in [2.75, 3.05) is 7.05 Å². The lowest BCUT2D eigenvalue weighted by molar-refractivity contribution is -0.401. The van der Waals surface area contributed by atoms with Gasteiger partial charge in [-0.3, -0.25) is 10.7 Å². The molecule has 0 atom stereocenters. The van der Waals surface area contributed by atoms with Crippen LogP contribution in [0.2, 0.25) is 0 Å². The molecule has 1 aliphatic heterocycles. The molecule has 1 aliphatic rings. The molecule has 0 amide bonds. The Morgan fingerprint density at radius 2 is 2.00 bits per heavy atom. The van der Waals surface area contributed by atoms with Crippen molar-refractivity contribution in [3.8, 4) is 0 Å². The van der Waals surface area contributed by atoms with Crippen LogP contribution in [0.1, 0.15) is 19.4 Å². The number of benzene rings is 1. The number of fused-ring (bicyclic) bond motifs is 1. The average molecular weight is 217 g/mol. The van der Waals surface area contributed by atoms with E-state index in [-0.39, 0.29) is 5.41 Å². The summed E-state index contributed by atoms with van der Waals surface area (Å²) in [5.41, 5.74) is 5.73. The third-order valence-electron chi connectivity index (χ3n) is 3.26. The first-order valence-electron chi connectivity index (χ1n) is 5.36. The van der Waals surface area contributed by atoms with E-state index in [9.17, 15) is 0 Å². The Morgan fingerprint density at radius 1 is 1.31 bits per heavy atom. The van der Waals surface area contributed by atoms with Crippen molar-refractivity contribution in [1.82, 2.24) is 5.48 Å². The molecule has 0 bridgehead atoms. The monoisotopic (exact) mass is 217 g/mol. The summed E-state index contributed by atoms with van der Waals surface area (Å²) in [5, 5.41) is 8.63. The van der Waals surface area contributed by atoms with Crippen LogP contribution in [0.15, 0.2) is 36.5 Å². The van der Waals surface area contributed by atoms with Gasteiger partial charge < -0.3 is 0 Å². The smallest absolute Gasteiger partial charge is 0.209 e. The van der Waals surface area contributed by atoms with E-state index in [0.29, 0.717) is 0 Å². The van der Waals surface area contributed by atoms with Gasteiger partial charge in [0, 0.05) is 23.9 Å². The summed E-state index contributed by atoms with van der Waals surface area (Å²) in [5.74, 6) is 0. The van der Waals surface area contributed by atoms with E-state index in [4.69, 9.17) is 5.21 Å². The molecule has 0 fully saturated rings. The highest BCUT2D eigenvalue weighted by Crippen LogP contribution is 2.38. The number of nitrogens with one attached hydrogen (secondary N) is 1. The van der Waals surface area contributed by atoms with Crippen LogP contribution in [-0.4, -0.2) is 22.5 Å². The van der Waals surface area contributed by atoms with Gasteiger partial charge in [0.15, 0.2) is 5.71 Å². The SMILES string of the molecule is C[N+]1=C(/C=C/NO)C(C)(C)c2ccccc21. The molecule has 2 rings (SSSR count). The second-order valence-corrected chi connectivity index (χ2v) is 4.55. The third-order valence-corrected chi connectivity index (χ3v) is 3.26. The van der Waals surface area contributed by atoms with Crippen molar-refractivity contribution in [3.05, 3.63) is 42.1 Å². The summed E-state index contributed by atoms with van der Waals surface area (Å²) < 4.78 is 2.16. The van der Waals surface area contributed by atoms with E-state index in [1.165, 1.54) is 11.3 Å². The molecule has 3 nitrogen and oxygen atoms in total. The second-order valence-electron chi connectivity index (χ2n) is 4.55. The normalized spacial score (nSPS) is 18.0. The number of hydrogen-bond acceptors (Lipinski definition) is 2. The topological polar surface area (TPSA) is 35.3 Å². The van der Waals surface area contributed by atoms with Crippen LogP contribution < -0.4 is 5.48 Å². The van der Waals surface area contributed by atoms with Crippen LogP contribution in [0, 0.1) is 0 Å². The van der Waals surface area contributed by atoms with Crippen molar-refractivity contribution < 1.29 is 9.78 Å². The second kappa shape index (κ2) is 3.76. The van der Waals surface area contributed by atoms with Gasteiger partial charge >= 0.3 is 0 Å². The Bertz CT molecular complexity index is 473. The summed E-state index contributed by atoms with van der Waals surface area (Å²) in [6, 6.07) is 8.37. The Kier molecular flexibility index (Phi) is 2.56. The number of para-hydroxylation sites is 1. The Labute approximate surface area is 95.7 Å². The van der Waals surface area contributed by atoms with Crippen LogP contribution >= 0.6 is 0 Å². The lowest BCUT2D eigenvalue weighted by atomic mass is 9.81. The molecule has 0 saturated carbocycles. The molecule has 84 valence electrons. The van der Waals surface area contributed by atoms with E-state index in [1.807, 2.05) is 19.2 Å². The molecule has 1 heterocycles. The predicted octanol–water partition coefficient (Wildman–Crippen LogP) is 2.19. The van der Waals surface area contributed by atoms with Crippen molar-refractivity contribution in [2.45, 2.75) is 19.3 Å². The molecule has 16 heavy (non-hydrogen) atoms. The van der Waals surface area contributed by atoms with Gasteiger partial charge in [0.05, 0.1) is 5.41 Å². The van der Waals surface area contributed by atoms with Crippen molar-refractivity contribution in [1.29, 1.82) is 0 Å². The van der Waals surface area contributed by atoms with Crippen molar-refractivity contribution in [3.63, 3.8) is 0 Å². The highest BCUT2D eigenvalue weighted by atomic mass is 16.5. The summed E-state index contributed by atoms with van der Waals surface area (Å²) in [4.78, 5) is 0. The minimum absolute atomic E-state index is 0.0291. The maximum absolute atomic E-state index is 8.63. The van der Waals surface area contributed by atoms with Gasteiger partial charge in [-0.05, 0) is 13.8 Å². The molecule has 0 aliphatic carbocycles. The van der Waals surface area contributed by atoms with E-state index < -0.39 is 0 Å². The zero-order chi connectivity index (χ0) is 11.8. The summed E-state index contributed by atoms with van der Waals surface area (Å²) in [6.07, 6.45) is 3.44. The van der Waals surface area contributed by atoms with Crippen LogP contribution in [0.5, 0.6) is 0 Å². The zero-order valence-corrected chi connectivity index (χ0v) is 9.86. The lowest BCUT2D eigenvalue weighted by Crippen LogP contribution is -2.27. The predicted molar refractivity (Wildman–Crippen MR) is 64.4 cm³/mol. The summed E-state index contributed by atoms with van der Waals surface area (Å²) >= 11 is 0. The minimum Gasteiger partial charge on any atom is -0.292 e. The molecule has 3 heteroatoms. The van der Waals surface area contributed by atoms with Crippen LogP contribution in [0.25, 0.3) is 0 Å². The van der Waals surface area contributed by atoms with Gasteiger partial charge in [0.1, 0.15) is 7.05 Å². The highest BCUT2D eigenvalue weighted by Gasteiger charge is 2.42. The molecule has 1 aromatic rings. The number of rotatable bonds is 2. The molecule has 1 aromatic carbocycles. The van der Waals surface area contributed by atoms with Crippen LogP contribution in [-0.2, 0) is 5.41 Å². The Hall–Kier alpha value is -1.61. The quantitative estimate of drug-likeness (QED) is 0.588. The molecule has 0 aromatic heterocycles. The van der Waals surface area contributed by atoms with Gasteiger partial charge in [-0.1, -0.05) is 18.2 Å². The van der Waals surface area contributed by atoms with E-state index in [0.717, 1.165) is 5.71 Å². The van der Waals surface area contributed by atoms with Crippen molar-refractivity contribution in [2.24, 2.45) is 0 Å². The van der Waals surface area contributed by atoms with Gasteiger partial charge in [-0.25, -0.2) is 0 Å². The van der Waals surface area contributed by atoms with Crippen molar-refractivity contribution >= 4 is 11.4 Å². The van der Waals surface area contributed by atoms with E-state index in [2.05, 4.69) is 42.1 Å².